The molecule has 0 aromatic carbocycles. The molecule has 4 atom stereocenters. The van der Waals surface area contributed by atoms with E-state index in [0.29, 0.717) is 4.67 Å². The van der Waals surface area contributed by atoms with Gasteiger partial charge in [0.2, 0.25) is 0 Å². The highest BCUT2D eigenvalue weighted by atomic mass is 79.9. The molecule has 0 spiro atoms. The summed E-state index contributed by atoms with van der Waals surface area (Å²) in [6.07, 6.45) is 5.92. The Morgan fingerprint density at radius 2 is 1.73 bits per heavy atom. The average Bonchev–Trinajstić information content (AvgIpc) is 3.07. The number of halogens is 1. The lowest BCUT2D eigenvalue weighted by atomic mass is 9.63. The van der Waals surface area contributed by atoms with Crippen LogP contribution in [0.25, 0.3) is 0 Å². The van der Waals surface area contributed by atoms with E-state index in [4.69, 9.17) is 4.42 Å². The van der Waals surface area contributed by atoms with Crippen LogP contribution in [0.1, 0.15) is 23.4 Å². The second-order valence-corrected chi connectivity index (χ2v) is 6.68. The fraction of sp³-hybridized carbons (Fsp3) is 0.400. The maximum atomic E-state index is 12.5. The zero-order valence-corrected chi connectivity index (χ0v) is 13.1. The van der Waals surface area contributed by atoms with Gasteiger partial charge < -0.3 is 4.42 Å². The van der Waals surface area contributed by atoms with Gasteiger partial charge >= 0.3 is 5.91 Å². The molecule has 2 heterocycles. The summed E-state index contributed by atoms with van der Waals surface area (Å²) < 4.78 is 5.55. The predicted molar refractivity (Wildman–Crippen MR) is 78.1 cm³/mol. The lowest BCUT2D eigenvalue weighted by Gasteiger charge is -2.37. The summed E-state index contributed by atoms with van der Waals surface area (Å²) in [6, 6.07) is 3.05. The zero-order valence-electron chi connectivity index (χ0n) is 11.5. The fourth-order valence-electron chi connectivity index (χ4n) is 3.78. The number of furan rings is 1. The minimum Gasteiger partial charge on any atom is -0.444 e. The molecule has 6 nitrogen and oxygen atoms in total. The lowest BCUT2D eigenvalue weighted by molar-refractivity contribution is -0.143. The van der Waals surface area contributed by atoms with Gasteiger partial charge in [-0.3, -0.25) is 19.8 Å². The van der Waals surface area contributed by atoms with Crippen molar-refractivity contribution in [3.05, 3.63) is 34.7 Å². The van der Waals surface area contributed by atoms with E-state index in [1.165, 1.54) is 6.07 Å². The first-order valence-electron chi connectivity index (χ1n) is 7.18. The molecule has 1 aliphatic heterocycles. The summed E-state index contributed by atoms with van der Waals surface area (Å²) in [5, 5.41) is 0.881. The summed E-state index contributed by atoms with van der Waals surface area (Å²) in [4.78, 5) is 37.2. The molecule has 0 radical (unpaired) electrons. The van der Waals surface area contributed by atoms with Gasteiger partial charge in [0.25, 0.3) is 11.8 Å². The minimum absolute atomic E-state index is 0.0449. The van der Waals surface area contributed by atoms with E-state index in [2.05, 4.69) is 21.4 Å². The van der Waals surface area contributed by atoms with E-state index in [1.54, 1.807) is 6.07 Å². The van der Waals surface area contributed by atoms with Crippen LogP contribution >= 0.6 is 15.9 Å². The van der Waals surface area contributed by atoms with Crippen LogP contribution < -0.4 is 5.43 Å². The third-order valence-corrected chi connectivity index (χ3v) is 5.20. The largest absolute Gasteiger partial charge is 0.444 e. The number of carbonyl (C=O) groups excluding carboxylic acids is 3. The molecular formula is C15H13BrN2O4. The van der Waals surface area contributed by atoms with E-state index < -0.39 is 5.91 Å². The van der Waals surface area contributed by atoms with Crippen molar-refractivity contribution in [3.8, 4) is 0 Å². The molecule has 3 aliphatic carbocycles. The Morgan fingerprint density at radius 1 is 1.14 bits per heavy atom. The molecule has 22 heavy (non-hydrogen) atoms. The van der Waals surface area contributed by atoms with Crippen LogP contribution in [0.4, 0.5) is 0 Å². The van der Waals surface area contributed by atoms with Crippen molar-refractivity contribution in [3.63, 3.8) is 0 Å². The molecule has 5 rings (SSSR count). The van der Waals surface area contributed by atoms with Crippen LogP contribution in [-0.2, 0) is 9.59 Å². The first-order chi connectivity index (χ1) is 10.6. The number of imide groups is 1. The van der Waals surface area contributed by atoms with Crippen molar-refractivity contribution in [1.29, 1.82) is 0 Å². The van der Waals surface area contributed by atoms with Crippen molar-refractivity contribution in [2.24, 2.45) is 23.7 Å². The first kappa shape index (κ1) is 13.8. The van der Waals surface area contributed by atoms with Gasteiger partial charge in [-0.15, -0.1) is 0 Å². The number of rotatable bonds is 2. The SMILES string of the molecule is O=C(NN1C(=O)[C@@H]2[C@H](C1=O)[C@@H]1C=C[C@@H]2CC1)c1ccc(Br)o1. The van der Waals surface area contributed by atoms with Crippen molar-refractivity contribution >= 4 is 33.7 Å². The molecule has 1 saturated carbocycles. The number of allylic oxidation sites excluding steroid dienone is 2. The van der Waals surface area contributed by atoms with Crippen LogP contribution in [0, 0.1) is 23.7 Å². The molecule has 7 heteroatoms. The highest BCUT2D eigenvalue weighted by molar-refractivity contribution is 9.10. The standard InChI is InChI=1S/C15H13BrN2O4/c16-10-6-5-9(22-10)13(19)17-18-14(20)11-7-1-2-8(4-3-7)12(11)15(18)21/h1-2,5-8,11-12H,3-4H2,(H,17,19)/t7-,8-,11-,12+/m1/s1. The normalized spacial score (nSPS) is 32.5. The van der Waals surface area contributed by atoms with Crippen LogP contribution in [0.2, 0.25) is 0 Å². The van der Waals surface area contributed by atoms with Crippen molar-refractivity contribution < 1.29 is 18.8 Å². The Kier molecular flexibility index (Phi) is 3.00. The van der Waals surface area contributed by atoms with Crippen LogP contribution in [0.15, 0.2) is 33.4 Å². The Morgan fingerprint density at radius 3 is 2.18 bits per heavy atom. The molecule has 3 amide bonds. The molecule has 2 fully saturated rings. The molecule has 1 aromatic rings. The van der Waals surface area contributed by atoms with Crippen LogP contribution in [0.5, 0.6) is 0 Å². The molecule has 1 aromatic heterocycles. The monoisotopic (exact) mass is 364 g/mol. The number of fused-ring (bicyclic) bond motifs is 1. The van der Waals surface area contributed by atoms with Gasteiger partial charge in [0.1, 0.15) is 0 Å². The predicted octanol–water partition coefficient (Wildman–Crippen LogP) is 1.88. The Hall–Kier alpha value is -1.89. The van der Waals surface area contributed by atoms with Gasteiger partial charge in [-0.05, 0) is 52.7 Å². The summed E-state index contributed by atoms with van der Waals surface area (Å²) >= 11 is 3.11. The van der Waals surface area contributed by atoms with Crippen LogP contribution in [-0.4, -0.2) is 22.7 Å². The number of hydrazine groups is 1. The molecule has 114 valence electrons. The van der Waals surface area contributed by atoms with E-state index in [9.17, 15) is 14.4 Å². The molecule has 1 saturated heterocycles. The van der Waals surface area contributed by atoms with E-state index in [1.807, 2.05) is 12.2 Å². The van der Waals surface area contributed by atoms with Gasteiger partial charge in [-0.1, -0.05) is 12.2 Å². The number of nitrogens with one attached hydrogen (secondary N) is 1. The first-order valence-corrected chi connectivity index (χ1v) is 7.98. The summed E-state index contributed by atoms with van der Waals surface area (Å²) in [7, 11) is 0. The second-order valence-electron chi connectivity index (χ2n) is 5.90. The van der Waals surface area contributed by atoms with Gasteiger partial charge in [-0.2, -0.15) is 5.01 Å². The molecule has 4 aliphatic rings. The van der Waals surface area contributed by atoms with Crippen molar-refractivity contribution in [1.82, 2.24) is 10.4 Å². The Labute approximate surface area is 134 Å². The second kappa shape index (κ2) is 4.81. The number of hydrogen-bond donors (Lipinski definition) is 1. The topological polar surface area (TPSA) is 79.6 Å². The number of amides is 3. The van der Waals surface area contributed by atoms with E-state index >= 15 is 0 Å². The summed E-state index contributed by atoms with van der Waals surface area (Å²) in [6.45, 7) is 0. The van der Waals surface area contributed by atoms with E-state index in [-0.39, 0.29) is 41.2 Å². The lowest BCUT2D eigenvalue weighted by Crippen LogP contribution is -2.46. The average molecular weight is 365 g/mol. The quantitative estimate of drug-likeness (QED) is 0.641. The fourth-order valence-corrected chi connectivity index (χ4v) is 4.08. The highest BCUT2D eigenvalue weighted by Gasteiger charge is 2.57. The number of hydrogen-bond acceptors (Lipinski definition) is 4. The summed E-state index contributed by atoms with van der Waals surface area (Å²) in [5.41, 5.74) is 2.39. The van der Waals surface area contributed by atoms with Gasteiger partial charge in [0.15, 0.2) is 10.4 Å². The highest BCUT2D eigenvalue weighted by Crippen LogP contribution is 2.49. The van der Waals surface area contributed by atoms with Crippen LogP contribution in [0.3, 0.4) is 0 Å². The minimum atomic E-state index is -0.605. The third kappa shape index (κ3) is 1.88. The zero-order chi connectivity index (χ0) is 15.4. The van der Waals surface area contributed by atoms with Gasteiger partial charge in [0.05, 0.1) is 11.8 Å². The van der Waals surface area contributed by atoms with Crippen molar-refractivity contribution in [2.45, 2.75) is 12.8 Å². The Balaban J connectivity index is 1.58. The maximum absolute atomic E-state index is 12.5. The Bertz CT molecular complexity index is 678. The molecule has 2 bridgehead atoms. The smallest absolute Gasteiger partial charge is 0.306 e. The summed E-state index contributed by atoms with van der Waals surface area (Å²) in [5.74, 6) is -1.65. The number of carbonyl (C=O) groups is 3. The van der Waals surface area contributed by atoms with Crippen molar-refractivity contribution in [2.75, 3.05) is 0 Å². The molecule has 0 unspecified atom stereocenters. The van der Waals surface area contributed by atoms with E-state index in [0.717, 1.165) is 17.9 Å². The molecular weight excluding hydrogens is 352 g/mol. The maximum Gasteiger partial charge on any atom is 0.306 e. The number of nitrogens with zero attached hydrogens (tertiary/aromatic N) is 1. The van der Waals surface area contributed by atoms with Gasteiger partial charge in [0, 0.05) is 0 Å². The van der Waals surface area contributed by atoms with Gasteiger partial charge in [-0.25, -0.2) is 0 Å². The third-order valence-electron chi connectivity index (χ3n) is 4.77. The molecule has 1 N–H and O–H groups in total.